The lowest BCUT2D eigenvalue weighted by atomic mass is 10.1. The molecule has 84 valence electrons. The summed E-state index contributed by atoms with van der Waals surface area (Å²) in [7, 11) is 0. The van der Waals surface area contributed by atoms with E-state index in [-0.39, 0.29) is 24.7 Å². The molecule has 0 heterocycles. The first kappa shape index (κ1) is 12.2. The third-order valence-electron chi connectivity index (χ3n) is 2.30. The number of likely N-dealkylation sites (N-methyl/N-ethyl adjacent to an activating group) is 1. The summed E-state index contributed by atoms with van der Waals surface area (Å²) in [6.07, 6.45) is 0.00218. The lowest BCUT2D eigenvalue weighted by Crippen LogP contribution is -2.32. The van der Waals surface area contributed by atoms with Crippen LogP contribution < -0.4 is 0 Å². The number of carbonyl (C=O) groups excluding carboxylic acids is 1. The predicted octanol–water partition coefficient (Wildman–Crippen LogP) is 1.74. The van der Waals surface area contributed by atoms with Crippen molar-refractivity contribution in [2.45, 2.75) is 13.3 Å². The summed E-state index contributed by atoms with van der Waals surface area (Å²) in [5, 5.41) is 8.52. The fourth-order valence-electron chi connectivity index (χ4n) is 1.38. The van der Waals surface area contributed by atoms with Crippen molar-refractivity contribution in [1.82, 2.24) is 4.90 Å². The van der Waals surface area contributed by atoms with Gasteiger partial charge in [-0.1, -0.05) is 18.2 Å². The maximum atomic E-state index is 13.3. The molecule has 3 nitrogen and oxygen atoms in total. The third-order valence-corrected chi connectivity index (χ3v) is 2.30. The van der Waals surface area contributed by atoms with Gasteiger partial charge in [-0.3, -0.25) is 4.79 Å². The largest absolute Gasteiger partial charge is 0.329 e. The zero-order valence-electron chi connectivity index (χ0n) is 9.11. The molecule has 1 rings (SSSR count). The maximum Gasteiger partial charge on any atom is 0.227 e. The summed E-state index contributed by atoms with van der Waals surface area (Å²) in [6.45, 7) is 2.29. The van der Waals surface area contributed by atoms with Gasteiger partial charge in [0.25, 0.3) is 0 Å². The molecule has 1 aromatic carbocycles. The highest BCUT2D eigenvalue weighted by molar-refractivity contribution is 5.79. The Hall–Kier alpha value is -1.89. The number of amides is 1. The SMILES string of the molecule is CCN(CC#N)C(=O)Cc1ccccc1F. The van der Waals surface area contributed by atoms with Crippen molar-refractivity contribution >= 4 is 5.91 Å². The van der Waals surface area contributed by atoms with E-state index >= 15 is 0 Å². The molecule has 4 heteroatoms. The first-order valence-electron chi connectivity index (χ1n) is 5.07. The van der Waals surface area contributed by atoms with Gasteiger partial charge in [-0.05, 0) is 18.6 Å². The molecule has 0 bridgehead atoms. The maximum absolute atomic E-state index is 13.3. The molecule has 1 aromatic rings. The van der Waals surface area contributed by atoms with Crippen LogP contribution in [0.3, 0.4) is 0 Å². The summed E-state index contributed by atoms with van der Waals surface area (Å²) in [5.41, 5.74) is 0.365. The second-order valence-corrected chi connectivity index (χ2v) is 3.33. The van der Waals surface area contributed by atoms with Crippen LogP contribution in [0.5, 0.6) is 0 Å². The van der Waals surface area contributed by atoms with Crippen LogP contribution in [0.2, 0.25) is 0 Å². The van der Waals surface area contributed by atoms with Gasteiger partial charge in [0.05, 0.1) is 12.5 Å². The summed E-state index contributed by atoms with van der Waals surface area (Å²) in [5.74, 6) is -0.613. The van der Waals surface area contributed by atoms with Crippen molar-refractivity contribution in [3.63, 3.8) is 0 Å². The van der Waals surface area contributed by atoms with Crippen molar-refractivity contribution in [3.8, 4) is 6.07 Å². The van der Waals surface area contributed by atoms with Crippen LogP contribution in [0.4, 0.5) is 4.39 Å². The number of hydrogen-bond donors (Lipinski definition) is 0. The zero-order chi connectivity index (χ0) is 12.0. The molecule has 16 heavy (non-hydrogen) atoms. The molecule has 0 aliphatic rings. The Morgan fingerprint density at radius 1 is 1.50 bits per heavy atom. The van der Waals surface area contributed by atoms with E-state index in [1.165, 1.54) is 11.0 Å². The van der Waals surface area contributed by atoms with Gasteiger partial charge in [-0.2, -0.15) is 5.26 Å². The number of carbonyl (C=O) groups is 1. The standard InChI is InChI=1S/C12H13FN2O/c1-2-15(8-7-14)12(16)9-10-5-3-4-6-11(10)13/h3-6H,2,8-9H2,1H3. The number of halogens is 1. The van der Waals surface area contributed by atoms with Gasteiger partial charge in [0.15, 0.2) is 0 Å². The fourth-order valence-corrected chi connectivity index (χ4v) is 1.38. The van der Waals surface area contributed by atoms with Crippen molar-refractivity contribution < 1.29 is 9.18 Å². The Labute approximate surface area is 94.1 Å². The zero-order valence-corrected chi connectivity index (χ0v) is 9.11. The lowest BCUT2D eigenvalue weighted by Gasteiger charge is -2.17. The van der Waals surface area contributed by atoms with Crippen LogP contribution in [0.15, 0.2) is 24.3 Å². The van der Waals surface area contributed by atoms with Gasteiger partial charge < -0.3 is 4.90 Å². The average Bonchev–Trinajstić information content (AvgIpc) is 2.29. The summed E-state index contributed by atoms with van der Waals surface area (Å²) < 4.78 is 13.3. The van der Waals surface area contributed by atoms with Gasteiger partial charge in [0.1, 0.15) is 12.4 Å². The fraction of sp³-hybridized carbons (Fsp3) is 0.333. The van der Waals surface area contributed by atoms with Crippen LogP contribution in [0, 0.1) is 17.1 Å². The molecule has 0 aromatic heterocycles. The van der Waals surface area contributed by atoms with Crippen LogP contribution >= 0.6 is 0 Å². The molecule has 1 amide bonds. The van der Waals surface area contributed by atoms with Crippen LogP contribution in [-0.4, -0.2) is 23.9 Å². The molecular formula is C12H13FN2O. The van der Waals surface area contributed by atoms with E-state index in [4.69, 9.17) is 5.26 Å². The highest BCUT2D eigenvalue weighted by atomic mass is 19.1. The number of nitrogens with zero attached hydrogens (tertiary/aromatic N) is 2. The lowest BCUT2D eigenvalue weighted by molar-refractivity contribution is -0.129. The Kier molecular flexibility index (Phi) is 4.46. The Morgan fingerprint density at radius 2 is 2.19 bits per heavy atom. The number of rotatable bonds is 4. The monoisotopic (exact) mass is 220 g/mol. The van der Waals surface area contributed by atoms with Gasteiger partial charge >= 0.3 is 0 Å². The summed E-state index contributed by atoms with van der Waals surface area (Å²) >= 11 is 0. The second kappa shape index (κ2) is 5.86. The molecular weight excluding hydrogens is 207 g/mol. The second-order valence-electron chi connectivity index (χ2n) is 3.33. The topological polar surface area (TPSA) is 44.1 Å². The van der Waals surface area contributed by atoms with Gasteiger partial charge in [0.2, 0.25) is 5.91 Å². The van der Waals surface area contributed by atoms with E-state index in [1.54, 1.807) is 25.1 Å². The molecule has 0 saturated carbocycles. The van der Waals surface area contributed by atoms with E-state index in [0.717, 1.165) is 0 Å². The first-order valence-corrected chi connectivity index (χ1v) is 5.07. The minimum absolute atomic E-state index is 0.00218. The van der Waals surface area contributed by atoms with Gasteiger partial charge in [-0.15, -0.1) is 0 Å². The highest BCUT2D eigenvalue weighted by Crippen LogP contribution is 2.08. The number of nitriles is 1. The predicted molar refractivity (Wildman–Crippen MR) is 58.0 cm³/mol. The van der Waals surface area contributed by atoms with Crippen molar-refractivity contribution in [2.75, 3.05) is 13.1 Å². The molecule has 0 aliphatic heterocycles. The first-order chi connectivity index (χ1) is 7.69. The molecule has 0 aliphatic carbocycles. The van der Waals surface area contributed by atoms with E-state index in [0.29, 0.717) is 12.1 Å². The number of benzene rings is 1. The van der Waals surface area contributed by atoms with Crippen LogP contribution in [0.25, 0.3) is 0 Å². The summed E-state index contributed by atoms with van der Waals surface area (Å²) in [4.78, 5) is 13.1. The minimum Gasteiger partial charge on any atom is -0.329 e. The Bertz CT molecular complexity index is 412. The van der Waals surface area contributed by atoms with Crippen molar-refractivity contribution in [1.29, 1.82) is 5.26 Å². The Balaban J connectivity index is 2.71. The van der Waals surface area contributed by atoms with Crippen LogP contribution in [0.1, 0.15) is 12.5 Å². The normalized spacial score (nSPS) is 9.56. The van der Waals surface area contributed by atoms with E-state index in [1.807, 2.05) is 6.07 Å². The molecule has 0 fully saturated rings. The third kappa shape index (κ3) is 3.06. The molecule has 0 spiro atoms. The van der Waals surface area contributed by atoms with Crippen molar-refractivity contribution in [3.05, 3.63) is 35.6 Å². The summed E-state index contributed by atoms with van der Waals surface area (Å²) in [6, 6.07) is 8.08. The van der Waals surface area contributed by atoms with E-state index in [2.05, 4.69) is 0 Å². The Morgan fingerprint density at radius 3 is 2.75 bits per heavy atom. The molecule has 0 radical (unpaired) electrons. The van der Waals surface area contributed by atoms with Gasteiger partial charge in [0, 0.05) is 6.54 Å². The van der Waals surface area contributed by atoms with Gasteiger partial charge in [-0.25, -0.2) is 4.39 Å². The number of hydrogen-bond acceptors (Lipinski definition) is 2. The van der Waals surface area contributed by atoms with Crippen LogP contribution in [-0.2, 0) is 11.2 Å². The highest BCUT2D eigenvalue weighted by Gasteiger charge is 2.13. The molecule has 0 saturated heterocycles. The molecule has 0 N–H and O–H groups in total. The smallest absolute Gasteiger partial charge is 0.227 e. The van der Waals surface area contributed by atoms with E-state index < -0.39 is 0 Å². The van der Waals surface area contributed by atoms with Crippen molar-refractivity contribution in [2.24, 2.45) is 0 Å². The average molecular weight is 220 g/mol. The minimum atomic E-state index is -0.385. The van der Waals surface area contributed by atoms with E-state index in [9.17, 15) is 9.18 Å². The molecule has 0 unspecified atom stereocenters. The molecule has 0 atom stereocenters. The quantitative estimate of drug-likeness (QED) is 0.725.